The van der Waals surface area contributed by atoms with E-state index in [2.05, 4.69) is 39.7 Å². The predicted molar refractivity (Wildman–Crippen MR) is 70.9 cm³/mol. The van der Waals surface area contributed by atoms with E-state index in [4.69, 9.17) is 11.6 Å². The van der Waals surface area contributed by atoms with Crippen molar-refractivity contribution in [1.82, 2.24) is 0 Å². The summed E-state index contributed by atoms with van der Waals surface area (Å²) in [5.41, 5.74) is 1.20. The average Bonchev–Trinajstić information content (AvgIpc) is 2.60. The van der Waals surface area contributed by atoms with E-state index in [0.717, 1.165) is 4.47 Å². The molecular weight excluding hydrogens is 300 g/mol. The van der Waals surface area contributed by atoms with Crippen LogP contribution in [-0.2, 0) is 5.88 Å². The van der Waals surface area contributed by atoms with E-state index in [0.29, 0.717) is 5.88 Å². The number of alkyl halides is 1. The Balaban J connectivity index is 2.81. The first-order valence-electron chi connectivity index (χ1n) is 4.06. The van der Waals surface area contributed by atoms with Gasteiger partial charge >= 0.3 is 0 Å². The molecule has 74 valence electrons. The zero-order valence-corrected chi connectivity index (χ0v) is 11.5. The summed E-state index contributed by atoms with van der Waals surface area (Å²) in [5.74, 6) is 0.570. The van der Waals surface area contributed by atoms with Gasteiger partial charge in [-0.3, -0.25) is 0 Å². The fraction of sp³-hybridized carbons (Fsp3) is 0.200. The summed E-state index contributed by atoms with van der Waals surface area (Å²) in [6, 6.07) is 4.26. The fourth-order valence-electron chi connectivity index (χ4n) is 1.42. The van der Waals surface area contributed by atoms with Crippen LogP contribution in [-0.4, -0.2) is 6.26 Å². The van der Waals surface area contributed by atoms with E-state index >= 15 is 0 Å². The molecule has 0 nitrogen and oxygen atoms in total. The minimum absolute atomic E-state index is 0.570. The lowest BCUT2D eigenvalue weighted by Gasteiger charge is -2.03. The molecule has 0 saturated carbocycles. The van der Waals surface area contributed by atoms with E-state index in [1.54, 1.807) is 23.1 Å². The Labute approximate surface area is 105 Å². The third-order valence-corrected chi connectivity index (χ3v) is 5.23. The predicted octanol–water partition coefficient (Wildman–Crippen LogP) is 5.12. The highest BCUT2D eigenvalue weighted by Crippen LogP contribution is 2.39. The molecule has 0 saturated heterocycles. The summed E-state index contributed by atoms with van der Waals surface area (Å²) in [6.07, 6.45) is 2.10. The lowest BCUT2D eigenvalue weighted by molar-refractivity contribution is 1.42. The van der Waals surface area contributed by atoms with Gasteiger partial charge in [0.2, 0.25) is 0 Å². The van der Waals surface area contributed by atoms with E-state index in [1.807, 2.05) is 0 Å². The highest BCUT2D eigenvalue weighted by atomic mass is 79.9. The molecule has 1 aromatic heterocycles. The summed E-state index contributed by atoms with van der Waals surface area (Å²) in [4.78, 5) is 1.32. The van der Waals surface area contributed by atoms with Gasteiger partial charge in [-0.25, -0.2) is 0 Å². The number of hydrogen-bond acceptors (Lipinski definition) is 2. The van der Waals surface area contributed by atoms with Crippen molar-refractivity contribution < 1.29 is 0 Å². The Bertz CT molecular complexity index is 464. The molecule has 0 aliphatic heterocycles. The molecule has 0 fully saturated rings. The smallest absolute Gasteiger partial charge is 0.0493 e. The Morgan fingerprint density at radius 1 is 1.50 bits per heavy atom. The van der Waals surface area contributed by atoms with Gasteiger partial charge in [-0.15, -0.1) is 34.7 Å². The van der Waals surface area contributed by atoms with Gasteiger partial charge in [-0.2, -0.15) is 0 Å². The summed E-state index contributed by atoms with van der Waals surface area (Å²) in [5, 5.41) is 3.40. The lowest BCUT2D eigenvalue weighted by atomic mass is 10.1. The molecule has 0 unspecified atom stereocenters. The molecule has 0 atom stereocenters. The Morgan fingerprint density at radius 3 is 2.93 bits per heavy atom. The van der Waals surface area contributed by atoms with Gasteiger partial charge in [0.05, 0.1) is 0 Å². The SMILES string of the molecule is CSc1ccc(CCl)c2c(Br)csc12. The molecule has 2 rings (SSSR count). The van der Waals surface area contributed by atoms with Crippen LogP contribution in [0.15, 0.2) is 26.9 Å². The molecular formula is C10H8BrClS2. The highest BCUT2D eigenvalue weighted by Gasteiger charge is 2.09. The van der Waals surface area contributed by atoms with Crippen LogP contribution in [0.3, 0.4) is 0 Å². The van der Waals surface area contributed by atoms with Gasteiger partial charge in [0.1, 0.15) is 0 Å². The third kappa shape index (κ3) is 1.71. The zero-order valence-electron chi connectivity index (χ0n) is 7.51. The first-order valence-corrected chi connectivity index (χ1v) is 7.49. The summed E-state index contributed by atoms with van der Waals surface area (Å²) >= 11 is 13.0. The number of thiophene rings is 1. The quantitative estimate of drug-likeness (QED) is 0.548. The van der Waals surface area contributed by atoms with E-state index < -0.39 is 0 Å². The van der Waals surface area contributed by atoms with E-state index in [1.165, 1.54) is 20.5 Å². The Hall–Kier alpha value is 0.300. The molecule has 4 heteroatoms. The standard InChI is InChI=1S/C10H8BrClS2/c1-13-8-3-2-6(4-12)9-7(11)5-14-10(8)9/h2-3,5H,4H2,1H3. The van der Waals surface area contributed by atoms with Crippen molar-refractivity contribution in [2.45, 2.75) is 10.8 Å². The number of rotatable bonds is 2. The van der Waals surface area contributed by atoms with Gasteiger partial charge < -0.3 is 0 Å². The molecule has 14 heavy (non-hydrogen) atoms. The second kappa shape index (κ2) is 4.44. The monoisotopic (exact) mass is 306 g/mol. The van der Waals surface area contributed by atoms with Gasteiger partial charge in [0.25, 0.3) is 0 Å². The second-order valence-corrected chi connectivity index (χ2v) is 5.70. The maximum absolute atomic E-state index is 5.91. The highest BCUT2D eigenvalue weighted by molar-refractivity contribution is 9.10. The fourth-order valence-corrected chi connectivity index (χ4v) is 4.28. The minimum atomic E-state index is 0.570. The van der Waals surface area contributed by atoms with Gasteiger partial charge in [0, 0.05) is 30.7 Å². The maximum atomic E-state index is 5.91. The van der Waals surface area contributed by atoms with Crippen molar-refractivity contribution in [1.29, 1.82) is 0 Å². The van der Waals surface area contributed by atoms with Gasteiger partial charge in [-0.1, -0.05) is 6.07 Å². The third-order valence-electron chi connectivity index (χ3n) is 2.09. The number of hydrogen-bond donors (Lipinski definition) is 0. The van der Waals surface area contributed by atoms with E-state index in [-0.39, 0.29) is 0 Å². The van der Waals surface area contributed by atoms with E-state index in [9.17, 15) is 0 Å². The van der Waals surface area contributed by atoms with Crippen LogP contribution in [0.4, 0.5) is 0 Å². The normalized spacial score (nSPS) is 11.1. The summed E-state index contributed by atoms with van der Waals surface area (Å²) < 4.78 is 2.49. The molecule has 1 heterocycles. The van der Waals surface area contributed by atoms with Crippen molar-refractivity contribution in [2.75, 3.05) is 6.26 Å². The Kier molecular flexibility index (Phi) is 3.42. The molecule has 0 bridgehead atoms. The number of thioether (sulfide) groups is 1. The minimum Gasteiger partial charge on any atom is -0.141 e. The molecule has 0 radical (unpaired) electrons. The molecule has 0 amide bonds. The number of fused-ring (bicyclic) bond motifs is 1. The molecule has 0 spiro atoms. The van der Waals surface area contributed by atoms with Crippen molar-refractivity contribution in [2.24, 2.45) is 0 Å². The van der Waals surface area contributed by atoms with Crippen LogP contribution < -0.4 is 0 Å². The lowest BCUT2D eigenvalue weighted by Crippen LogP contribution is -1.80. The first-order chi connectivity index (χ1) is 6.77. The summed E-state index contributed by atoms with van der Waals surface area (Å²) in [7, 11) is 0. The molecule has 0 aliphatic rings. The van der Waals surface area contributed by atoms with Gasteiger partial charge in [-0.05, 0) is 33.8 Å². The van der Waals surface area contributed by atoms with Crippen LogP contribution in [0, 0.1) is 0 Å². The number of halogens is 2. The van der Waals surface area contributed by atoms with Crippen molar-refractivity contribution in [3.63, 3.8) is 0 Å². The van der Waals surface area contributed by atoms with Gasteiger partial charge in [0.15, 0.2) is 0 Å². The van der Waals surface area contributed by atoms with Crippen LogP contribution in [0.5, 0.6) is 0 Å². The van der Waals surface area contributed by atoms with Crippen LogP contribution >= 0.6 is 50.6 Å². The Morgan fingerprint density at radius 2 is 2.29 bits per heavy atom. The topological polar surface area (TPSA) is 0 Å². The molecule has 0 N–H and O–H groups in total. The van der Waals surface area contributed by atoms with Crippen LogP contribution in [0.1, 0.15) is 5.56 Å². The average molecular weight is 308 g/mol. The zero-order chi connectivity index (χ0) is 10.1. The summed E-state index contributed by atoms with van der Waals surface area (Å²) in [6.45, 7) is 0. The van der Waals surface area contributed by atoms with Crippen molar-refractivity contribution in [3.05, 3.63) is 27.5 Å². The maximum Gasteiger partial charge on any atom is 0.0493 e. The second-order valence-electron chi connectivity index (χ2n) is 2.85. The molecule has 2 aromatic rings. The molecule has 0 aliphatic carbocycles. The van der Waals surface area contributed by atoms with Crippen molar-refractivity contribution in [3.8, 4) is 0 Å². The molecule has 1 aromatic carbocycles. The number of benzene rings is 1. The van der Waals surface area contributed by atoms with Crippen molar-refractivity contribution >= 4 is 60.7 Å². The first kappa shape index (κ1) is 10.8. The largest absolute Gasteiger partial charge is 0.141 e. The van der Waals surface area contributed by atoms with Crippen LogP contribution in [0.2, 0.25) is 0 Å². The van der Waals surface area contributed by atoms with Crippen LogP contribution in [0.25, 0.3) is 10.1 Å².